The van der Waals surface area contributed by atoms with Crippen LogP contribution in [0.3, 0.4) is 0 Å². The maximum atomic E-state index is 10.1. The van der Waals surface area contributed by atoms with Gasteiger partial charge in [0.1, 0.15) is 5.10 Å². The van der Waals surface area contributed by atoms with Gasteiger partial charge in [-0.25, -0.2) is 30.8 Å². The molecule has 0 aliphatic rings. The topological polar surface area (TPSA) is 202 Å². The maximum absolute atomic E-state index is 10.1. The fourth-order valence-corrected chi connectivity index (χ4v) is 0.839. The SMILES string of the molecule is NC(=N[N+](=O)[O-])NNCc1n[nH]c(N[N+](=O)[O-])n1. The summed E-state index contributed by atoms with van der Waals surface area (Å²) in [5.41, 5.74) is 11.5. The average Bonchev–Trinajstić information content (AvgIpc) is 2.63. The maximum Gasteiger partial charge on any atom is 0.281 e. The number of hydrogen-bond donors (Lipinski definition) is 5. The second-order valence-corrected chi connectivity index (χ2v) is 2.67. The molecular formula is C4H8N10O4. The molecule has 0 saturated carbocycles. The van der Waals surface area contributed by atoms with E-state index in [0.717, 1.165) is 0 Å². The van der Waals surface area contributed by atoms with E-state index in [1.165, 1.54) is 0 Å². The molecule has 14 heteroatoms. The molecule has 1 aromatic heterocycles. The molecule has 0 atom stereocenters. The van der Waals surface area contributed by atoms with Gasteiger partial charge in [-0.3, -0.25) is 5.43 Å². The summed E-state index contributed by atoms with van der Waals surface area (Å²) in [6, 6.07) is 0. The van der Waals surface area contributed by atoms with Crippen molar-refractivity contribution in [1.29, 1.82) is 0 Å². The molecule has 0 spiro atoms. The minimum absolute atomic E-state index is 0.00380. The van der Waals surface area contributed by atoms with E-state index in [4.69, 9.17) is 5.73 Å². The molecule has 98 valence electrons. The third kappa shape index (κ3) is 4.66. The first-order chi connectivity index (χ1) is 8.47. The van der Waals surface area contributed by atoms with E-state index in [1.807, 2.05) is 0 Å². The predicted octanol–water partition coefficient (Wildman–Crippen LogP) is -2.49. The van der Waals surface area contributed by atoms with Crippen LogP contribution in [0.4, 0.5) is 5.95 Å². The van der Waals surface area contributed by atoms with Crippen LogP contribution in [0, 0.1) is 20.2 Å². The summed E-state index contributed by atoms with van der Waals surface area (Å²) in [6.45, 7) is 0.00380. The number of nitro groups is 2. The summed E-state index contributed by atoms with van der Waals surface area (Å²) in [5.74, 6) is -0.441. The first kappa shape index (κ1) is 13.0. The highest BCUT2D eigenvalue weighted by Gasteiger charge is 2.06. The quantitative estimate of drug-likeness (QED) is 0.157. The zero-order valence-electron chi connectivity index (χ0n) is 8.65. The molecular weight excluding hydrogens is 252 g/mol. The monoisotopic (exact) mass is 260 g/mol. The number of anilines is 1. The minimum Gasteiger partial charge on any atom is -0.364 e. The van der Waals surface area contributed by atoms with Crippen LogP contribution in [-0.2, 0) is 6.54 Å². The number of hydrazone groups is 1. The number of nitrogens with two attached hydrogens (primary N) is 1. The lowest BCUT2D eigenvalue weighted by Gasteiger charge is -2.01. The normalized spacial score (nSPS) is 11.0. The van der Waals surface area contributed by atoms with Gasteiger partial charge in [0, 0.05) is 0 Å². The number of hydrogen-bond acceptors (Lipinski definition) is 7. The van der Waals surface area contributed by atoms with Crippen LogP contribution >= 0.6 is 0 Å². The lowest BCUT2D eigenvalue weighted by atomic mass is 10.6. The molecule has 0 saturated heterocycles. The van der Waals surface area contributed by atoms with Gasteiger partial charge < -0.3 is 5.73 Å². The highest BCUT2D eigenvalue weighted by atomic mass is 16.7. The molecule has 0 aliphatic carbocycles. The van der Waals surface area contributed by atoms with E-state index in [1.54, 1.807) is 5.43 Å². The molecule has 1 rings (SSSR count). The zero-order valence-corrected chi connectivity index (χ0v) is 8.65. The molecule has 0 bridgehead atoms. The Kier molecular flexibility index (Phi) is 4.27. The summed E-state index contributed by atoms with van der Waals surface area (Å²) < 4.78 is 0. The highest BCUT2D eigenvalue weighted by molar-refractivity contribution is 5.76. The summed E-state index contributed by atoms with van der Waals surface area (Å²) in [4.78, 5) is 23.7. The Morgan fingerprint density at radius 1 is 1.50 bits per heavy atom. The molecule has 0 aromatic carbocycles. The summed E-state index contributed by atoms with van der Waals surface area (Å²) in [5, 5.41) is 26.8. The van der Waals surface area contributed by atoms with Crippen LogP contribution in [0.1, 0.15) is 5.82 Å². The largest absolute Gasteiger partial charge is 0.364 e. The fourth-order valence-electron chi connectivity index (χ4n) is 0.839. The number of guanidine groups is 1. The van der Waals surface area contributed by atoms with E-state index in [-0.39, 0.29) is 18.3 Å². The van der Waals surface area contributed by atoms with Crippen molar-refractivity contribution in [3.05, 3.63) is 26.1 Å². The van der Waals surface area contributed by atoms with Gasteiger partial charge in [-0.15, -0.1) is 0 Å². The second-order valence-electron chi connectivity index (χ2n) is 2.67. The van der Waals surface area contributed by atoms with Crippen LogP contribution in [0.5, 0.6) is 0 Å². The molecule has 0 fully saturated rings. The van der Waals surface area contributed by atoms with Crippen LogP contribution in [-0.4, -0.2) is 31.2 Å². The van der Waals surface area contributed by atoms with Crippen molar-refractivity contribution in [3.63, 3.8) is 0 Å². The molecule has 0 amide bonds. The smallest absolute Gasteiger partial charge is 0.281 e. The highest BCUT2D eigenvalue weighted by Crippen LogP contribution is 1.96. The van der Waals surface area contributed by atoms with Crippen LogP contribution in [0.15, 0.2) is 5.10 Å². The third-order valence-electron chi connectivity index (χ3n) is 1.38. The van der Waals surface area contributed by atoms with Gasteiger partial charge in [-0.2, -0.15) is 10.1 Å². The van der Waals surface area contributed by atoms with Gasteiger partial charge in [0.25, 0.3) is 11.9 Å². The van der Waals surface area contributed by atoms with Gasteiger partial charge in [0.15, 0.2) is 15.9 Å². The molecule has 1 heterocycles. The number of H-pyrrole nitrogens is 1. The zero-order chi connectivity index (χ0) is 13.5. The standard InChI is InChI=1S/C4H8N10O4/c5-3(11-13(15)16)9-6-1-2-7-4(10-8-2)12-14(17)18/h6H,1H2,(H3,5,9,11)(H2,7,8,10,12). The molecule has 0 radical (unpaired) electrons. The van der Waals surface area contributed by atoms with Crippen molar-refractivity contribution in [1.82, 2.24) is 26.0 Å². The molecule has 14 nitrogen and oxygen atoms in total. The first-order valence-electron chi connectivity index (χ1n) is 4.27. The van der Waals surface area contributed by atoms with Gasteiger partial charge in [0.05, 0.1) is 6.54 Å². The lowest BCUT2D eigenvalue weighted by molar-refractivity contribution is -0.485. The van der Waals surface area contributed by atoms with Gasteiger partial charge >= 0.3 is 0 Å². The Morgan fingerprint density at radius 3 is 2.83 bits per heavy atom. The van der Waals surface area contributed by atoms with Crippen molar-refractivity contribution >= 4 is 11.9 Å². The number of aromatic amines is 1. The van der Waals surface area contributed by atoms with Crippen molar-refractivity contribution in [3.8, 4) is 0 Å². The van der Waals surface area contributed by atoms with Crippen LogP contribution in [0.2, 0.25) is 0 Å². The van der Waals surface area contributed by atoms with E-state index in [2.05, 4.69) is 31.1 Å². The second kappa shape index (κ2) is 5.89. The summed E-state index contributed by atoms with van der Waals surface area (Å²) in [6.07, 6.45) is 0. The first-order valence-corrected chi connectivity index (χ1v) is 4.27. The van der Waals surface area contributed by atoms with Gasteiger partial charge in [-0.05, 0) is 0 Å². The van der Waals surface area contributed by atoms with Crippen LogP contribution in [0.25, 0.3) is 0 Å². The van der Waals surface area contributed by atoms with Crippen molar-refractivity contribution in [2.75, 3.05) is 5.43 Å². The van der Waals surface area contributed by atoms with Crippen molar-refractivity contribution in [2.24, 2.45) is 10.8 Å². The Bertz CT molecular complexity index is 466. The molecule has 1 aromatic rings. The fraction of sp³-hybridized carbons (Fsp3) is 0.250. The number of hydrazine groups is 2. The van der Waals surface area contributed by atoms with E-state index in [0.29, 0.717) is 0 Å². The van der Waals surface area contributed by atoms with E-state index >= 15 is 0 Å². The summed E-state index contributed by atoms with van der Waals surface area (Å²) >= 11 is 0. The number of nitrogens with one attached hydrogen (secondary N) is 4. The summed E-state index contributed by atoms with van der Waals surface area (Å²) in [7, 11) is 0. The van der Waals surface area contributed by atoms with Crippen molar-refractivity contribution < 1.29 is 10.1 Å². The Morgan fingerprint density at radius 2 is 2.22 bits per heavy atom. The van der Waals surface area contributed by atoms with E-state index in [9.17, 15) is 20.2 Å². The van der Waals surface area contributed by atoms with Gasteiger partial charge in [-0.1, -0.05) is 5.43 Å². The predicted molar refractivity (Wildman–Crippen MR) is 55.6 cm³/mol. The lowest BCUT2D eigenvalue weighted by Crippen LogP contribution is -2.42. The molecule has 6 N–H and O–H groups in total. The van der Waals surface area contributed by atoms with Crippen LogP contribution < -0.4 is 22.0 Å². The molecule has 0 aliphatic heterocycles. The number of nitrogens with zero attached hydrogens (tertiary/aromatic N) is 5. The Hall–Kier alpha value is -3.03. The van der Waals surface area contributed by atoms with Crippen molar-refractivity contribution in [2.45, 2.75) is 6.54 Å². The molecule has 18 heavy (non-hydrogen) atoms. The number of aromatic nitrogens is 3. The van der Waals surface area contributed by atoms with E-state index < -0.39 is 16.0 Å². The molecule has 0 unspecified atom stereocenters. The third-order valence-corrected chi connectivity index (χ3v) is 1.38. The average molecular weight is 260 g/mol. The Balaban J connectivity index is 2.38. The number of rotatable bonds is 6. The van der Waals surface area contributed by atoms with Gasteiger partial charge in [0.2, 0.25) is 0 Å². The minimum atomic E-state index is -0.976. The Labute approximate surface area is 97.9 Å².